The summed E-state index contributed by atoms with van der Waals surface area (Å²) in [5.74, 6) is -1.39. The number of anilines is 1. The van der Waals surface area contributed by atoms with E-state index in [0.717, 1.165) is 37.0 Å². The van der Waals surface area contributed by atoms with E-state index in [0.29, 0.717) is 41.5 Å². The Morgan fingerprint density at radius 1 is 1.00 bits per heavy atom. The largest absolute Gasteiger partial charge is 0.507 e. The van der Waals surface area contributed by atoms with E-state index >= 15 is 0 Å². The van der Waals surface area contributed by atoms with E-state index < -0.39 is 23.7 Å². The van der Waals surface area contributed by atoms with Gasteiger partial charge in [-0.15, -0.1) is 0 Å². The fraction of sp³-hybridized carbons (Fsp3) is 0.333. The Bertz CT molecular complexity index is 1490. The molecule has 1 saturated heterocycles. The summed E-state index contributed by atoms with van der Waals surface area (Å²) in [6.07, 6.45) is 5.27. The van der Waals surface area contributed by atoms with Crippen molar-refractivity contribution in [2.24, 2.45) is 0 Å². The molecule has 9 nitrogen and oxygen atoms in total. The highest BCUT2D eigenvalue weighted by Crippen LogP contribution is 2.44. The lowest BCUT2D eigenvalue weighted by atomic mass is 9.95. The molecular weight excluding hydrogens is 568 g/mol. The van der Waals surface area contributed by atoms with E-state index in [4.69, 9.17) is 14.2 Å². The Labute approximate surface area is 255 Å². The van der Waals surface area contributed by atoms with Gasteiger partial charge in [0.25, 0.3) is 5.78 Å². The van der Waals surface area contributed by atoms with Gasteiger partial charge in [-0.2, -0.15) is 0 Å². The average molecular weight is 605 g/mol. The molecule has 0 spiro atoms. The van der Waals surface area contributed by atoms with Gasteiger partial charge in [0.2, 0.25) is 0 Å². The quantitative estimate of drug-likeness (QED) is 0.0535. The number of Topliss-reactive ketones (excluding diaryl/α,β-unsaturated/α-hetero) is 1. The van der Waals surface area contributed by atoms with Crippen molar-refractivity contribution in [1.29, 1.82) is 0 Å². The maximum Gasteiger partial charge on any atom is 0.350 e. The Kier molecular flexibility index (Phi) is 10.7. The summed E-state index contributed by atoms with van der Waals surface area (Å²) in [4.78, 5) is 45.6. The third kappa shape index (κ3) is 7.14. The molecular formula is C33H36N2O7S. The van der Waals surface area contributed by atoms with Crippen molar-refractivity contribution in [2.45, 2.75) is 52.5 Å². The van der Waals surface area contributed by atoms with Crippen LogP contribution >= 0.6 is 11.3 Å². The summed E-state index contributed by atoms with van der Waals surface area (Å²) >= 11 is 0.945. The zero-order valence-electron chi connectivity index (χ0n) is 24.6. The number of hydrogen-bond acceptors (Lipinski definition) is 9. The number of rotatable bonds is 14. The van der Waals surface area contributed by atoms with Gasteiger partial charge in [0.05, 0.1) is 30.5 Å². The van der Waals surface area contributed by atoms with Gasteiger partial charge in [-0.3, -0.25) is 14.5 Å². The van der Waals surface area contributed by atoms with E-state index in [1.165, 1.54) is 11.0 Å². The maximum atomic E-state index is 13.6. The number of unbranched alkanes of at least 4 members (excludes halogenated alkanes) is 2. The predicted octanol–water partition coefficient (Wildman–Crippen LogP) is 6.78. The van der Waals surface area contributed by atoms with E-state index in [-0.39, 0.29) is 27.9 Å². The van der Waals surface area contributed by atoms with Crippen molar-refractivity contribution >= 4 is 39.9 Å². The molecule has 1 atom stereocenters. The van der Waals surface area contributed by atoms with Crippen LogP contribution in [0, 0.1) is 6.92 Å². The number of aliphatic hydroxyl groups is 1. The van der Waals surface area contributed by atoms with Crippen LogP contribution in [0.4, 0.5) is 5.13 Å². The molecule has 2 aromatic carbocycles. The topological polar surface area (TPSA) is 115 Å². The first-order valence-electron chi connectivity index (χ1n) is 14.3. The van der Waals surface area contributed by atoms with Gasteiger partial charge < -0.3 is 19.3 Å². The molecule has 0 saturated carbocycles. The molecule has 0 bridgehead atoms. The Balaban J connectivity index is 1.77. The summed E-state index contributed by atoms with van der Waals surface area (Å²) in [6, 6.07) is 12.7. The molecule has 0 unspecified atom stereocenters. The minimum Gasteiger partial charge on any atom is -0.507 e. The van der Waals surface area contributed by atoms with Crippen LogP contribution in [0.3, 0.4) is 0 Å². The van der Waals surface area contributed by atoms with Crippen molar-refractivity contribution < 1.29 is 33.7 Å². The lowest BCUT2D eigenvalue weighted by molar-refractivity contribution is -0.132. The average Bonchev–Trinajstić information content (AvgIpc) is 3.52. The second-order valence-corrected chi connectivity index (χ2v) is 10.9. The molecule has 0 aliphatic carbocycles. The van der Waals surface area contributed by atoms with Gasteiger partial charge in [-0.1, -0.05) is 62.8 Å². The standard InChI is InChI=1S/C33H36N2O7S/c1-5-8-19-40-24-14-10-22(11-15-24)27-26(28(36)23-12-16-25(17-13-23)41-20-9-6-2)29(37)31(38)35(27)33-34-21(4)30(43-33)32(39)42-18-7-3/h7,10-17,27,36H,3,5-6,8-9,18-20H2,1-2,4H3/t27-/m0/s1. The van der Waals surface area contributed by atoms with Gasteiger partial charge in [-0.05, 0) is 61.7 Å². The number of esters is 1. The second-order valence-electron chi connectivity index (χ2n) is 9.96. The van der Waals surface area contributed by atoms with Crippen molar-refractivity contribution in [3.8, 4) is 11.5 Å². The Morgan fingerprint density at radius 2 is 1.58 bits per heavy atom. The first-order chi connectivity index (χ1) is 20.8. The third-order valence-corrected chi connectivity index (χ3v) is 7.95. The van der Waals surface area contributed by atoms with Crippen LogP contribution in [0.5, 0.6) is 11.5 Å². The fourth-order valence-corrected chi connectivity index (χ4v) is 5.49. The SMILES string of the molecule is C=CCOC(=O)c1sc(N2C(=O)C(=O)C(=C(O)c3ccc(OCCCC)cc3)[C@@H]2c2ccc(OCCCC)cc2)nc1C. The Hall–Kier alpha value is -4.44. The highest BCUT2D eigenvalue weighted by molar-refractivity contribution is 7.17. The highest BCUT2D eigenvalue weighted by atomic mass is 32.1. The lowest BCUT2D eigenvalue weighted by Gasteiger charge is -2.23. The van der Waals surface area contributed by atoms with Crippen molar-refractivity contribution in [3.63, 3.8) is 0 Å². The second kappa shape index (κ2) is 14.6. The minimum absolute atomic E-state index is 0.0190. The normalized spacial score (nSPS) is 15.9. The van der Waals surface area contributed by atoms with Crippen LogP contribution in [-0.4, -0.2) is 47.6 Å². The van der Waals surface area contributed by atoms with Crippen molar-refractivity contribution in [2.75, 3.05) is 24.7 Å². The highest BCUT2D eigenvalue weighted by Gasteiger charge is 2.48. The van der Waals surface area contributed by atoms with Gasteiger partial charge in [0, 0.05) is 5.56 Å². The first-order valence-corrected chi connectivity index (χ1v) is 15.1. The van der Waals surface area contributed by atoms with Gasteiger partial charge in [-0.25, -0.2) is 9.78 Å². The summed E-state index contributed by atoms with van der Waals surface area (Å²) in [6.45, 7) is 10.5. The van der Waals surface area contributed by atoms with Crippen molar-refractivity contribution in [3.05, 3.63) is 88.5 Å². The molecule has 1 N–H and O–H groups in total. The number of thiazole rings is 1. The van der Waals surface area contributed by atoms with Gasteiger partial charge in [0.15, 0.2) is 5.13 Å². The molecule has 1 fully saturated rings. The molecule has 10 heteroatoms. The minimum atomic E-state index is -1.01. The third-order valence-electron chi connectivity index (χ3n) is 6.81. The number of ether oxygens (including phenoxy) is 3. The van der Waals surface area contributed by atoms with Crippen LogP contribution in [0.1, 0.15) is 72.1 Å². The monoisotopic (exact) mass is 604 g/mol. The van der Waals surface area contributed by atoms with Crippen LogP contribution in [0.2, 0.25) is 0 Å². The molecule has 1 aromatic heterocycles. The number of aryl methyl sites for hydroxylation is 1. The smallest absolute Gasteiger partial charge is 0.350 e. The zero-order chi connectivity index (χ0) is 30.9. The van der Waals surface area contributed by atoms with Crippen LogP contribution < -0.4 is 14.4 Å². The Morgan fingerprint density at radius 3 is 2.14 bits per heavy atom. The number of ketones is 1. The molecule has 3 aromatic rings. The lowest BCUT2D eigenvalue weighted by Crippen LogP contribution is -2.29. The van der Waals surface area contributed by atoms with E-state index in [9.17, 15) is 19.5 Å². The molecule has 2 heterocycles. The molecule has 0 radical (unpaired) electrons. The summed E-state index contributed by atoms with van der Waals surface area (Å²) in [5, 5.41) is 11.6. The number of carbonyl (C=O) groups excluding carboxylic acids is 3. The maximum absolute atomic E-state index is 13.6. The molecule has 1 amide bonds. The number of nitrogens with zero attached hydrogens (tertiary/aromatic N) is 2. The number of aromatic nitrogens is 1. The van der Waals surface area contributed by atoms with Crippen LogP contribution in [-0.2, 0) is 14.3 Å². The summed E-state index contributed by atoms with van der Waals surface area (Å²) < 4.78 is 16.7. The summed E-state index contributed by atoms with van der Waals surface area (Å²) in [5.41, 5.74) is 1.18. The number of carbonyl (C=O) groups is 3. The van der Waals surface area contributed by atoms with E-state index in [2.05, 4.69) is 25.4 Å². The zero-order valence-corrected chi connectivity index (χ0v) is 25.4. The predicted molar refractivity (Wildman–Crippen MR) is 166 cm³/mol. The van der Waals surface area contributed by atoms with Gasteiger partial charge in [0.1, 0.15) is 28.7 Å². The van der Waals surface area contributed by atoms with Crippen LogP contribution in [0.25, 0.3) is 5.76 Å². The number of benzene rings is 2. The fourth-order valence-electron chi connectivity index (χ4n) is 4.50. The summed E-state index contributed by atoms with van der Waals surface area (Å²) in [7, 11) is 0. The van der Waals surface area contributed by atoms with E-state index in [1.54, 1.807) is 55.5 Å². The molecule has 4 rings (SSSR count). The molecule has 1 aliphatic rings. The number of hydrogen-bond donors (Lipinski definition) is 1. The molecule has 1 aliphatic heterocycles. The van der Waals surface area contributed by atoms with E-state index in [1.807, 2.05) is 0 Å². The van der Waals surface area contributed by atoms with Crippen molar-refractivity contribution in [1.82, 2.24) is 4.98 Å². The first kappa shape index (κ1) is 31.5. The van der Waals surface area contributed by atoms with Gasteiger partial charge >= 0.3 is 11.9 Å². The number of amides is 1. The number of aliphatic hydroxyl groups excluding tert-OH is 1. The molecule has 226 valence electrons. The molecule has 43 heavy (non-hydrogen) atoms. The van der Waals surface area contributed by atoms with Crippen LogP contribution in [0.15, 0.2) is 66.8 Å².